The Balaban J connectivity index is 1.61. The average Bonchev–Trinajstić information content (AvgIpc) is 2.76. The fraction of sp³-hybridized carbons (Fsp3) is 0.261. The topological polar surface area (TPSA) is 77.5 Å². The van der Waals surface area contributed by atoms with E-state index in [1.54, 1.807) is 31.4 Å². The lowest BCUT2D eigenvalue weighted by atomic mass is 10.1. The van der Waals surface area contributed by atoms with Crippen molar-refractivity contribution in [3.63, 3.8) is 0 Å². The van der Waals surface area contributed by atoms with Crippen LogP contribution in [0, 0.1) is 6.92 Å². The number of fused-ring (bicyclic) bond motifs is 1. The number of anilines is 1. The maximum atomic E-state index is 12.3. The maximum Gasteiger partial charge on any atom is 0.338 e. The number of ether oxygens (including phenoxy) is 2. The van der Waals surface area contributed by atoms with Crippen molar-refractivity contribution in [2.24, 2.45) is 0 Å². The normalized spacial score (nSPS) is 10.6. The van der Waals surface area contributed by atoms with Gasteiger partial charge in [-0.2, -0.15) is 0 Å². The molecule has 0 fully saturated rings. The van der Waals surface area contributed by atoms with E-state index in [2.05, 4.69) is 10.3 Å². The van der Waals surface area contributed by atoms with Crippen LogP contribution in [0.3, 0.4) is 0 Å². The van der Waals surface area contributed by atoms with E-state index < -0.39 is 0 Å². The molecule has 6 nitrogen and oxygen atoms in total. The van der Waals surface area contributed by atoms with Crippen molar-refractivity contribution in [3.8, 4) is 5.75 Å². The van der Waals surface area contributed by atoms with Crippen molar-refractivity contribution in [2.45, 2.75) is 25.3 Å². The van der Waals surface area contributed by atoms with Gasteiger partial charge in [-0.15, -0.1) is 0 Å². The molecule has 1 amide bonds. The van der Waals surface area contributed by atoms with Gasteiger partial charge in [-0.05, 0) is 55.3 Å². The standard InChI is InChI=1S/C23H24N2O4S/c1-4-12-29-23(27)16-8-10-17(11-9-16)24-20(26)14-30-21-13-15(2)18-6-5-7-19(28-3)22(18)25-21/h5-11,13H,4,12,14H2,1-3H3,(H,24,26). The van der Waals surface area contributed by atoms with E-state index in [4.69, 9.17) is 9.47 Å². The van der Waals surface area contributed by atoms with Gasteiger partial charge in [-0.1, -0.05) is 30.8 Å². The Morgan fingerprint density at radius 2 is 1.90 bits per heavy atom. The zero-order chi connectivity index (χ0) is 21.5. The Kier molecular flexibility index (Phi) is 7.30. The van der Waals surface area contributed by atoms with Crippen molar-refractivity contribution in [3.05, 3.63) is 59.7 Å². The first-order valence-electron chi connectivity index (χ1n) is 9.66. The van der Waals surface area contributed by atoms with Gasteiger partial charge >= 0.3 is 5.97 Å². The first-order valence-corrected chi connectivity index (χ1v) is 10.6. The highest BCUT2D eigenvalue weighted by Gasteiger charge is 2.11. The summed E-state index contributed by atoms with van der Waals surface area (Å²) in [6.45, 7) is 4.35. The first-order chi connectivity index (χ1) is 14.5. The number of para-hydroxylation sites is 1. The summed E-state index contributed by atoms with van der Waals surface area (Å²) >= 11 is 1.36. The predicted octanol–water partition coefficient (Wildman–Crippen LogP) is 4.85. The molecule has 30 heavy (non-hydrogen) atoms. The zero-order valence-electron chi connectivity index (χ0n) is 17.2. The molecule has 3 rings (SSSR count). The summed E-state index contributed by atoms with van der Waals surface area (Å²) in [4.78, 5) is 28.8. The van der Waals surface area contributed by atoms with Crippen LogP contribution < -0.4 is 10.1 Å². The number of aryl methyl sites for hydroxylation is 1. The number of pyridine rings is 1. The van der Waals surface area contributed by atoms with Crippen LogP contribution in [-0.2, 0) is 9.53 Å². The van der Waals surface area contributed by atoms with Crippen molar-refractivity contribution in [1.82, 2.24) is 4.98 Å². The van der Waals surface area contributed by atoms with Crippen LogP contribution in [0.2, 0.25) is 0 Å². The van der Waals surface area contributed by atoms with Gasteiger partial charge < -0.3 is 14.8 Å². The molecule has 0 radical (unpaired) electrons. The van der Waals surface area contributed by atoms with E-state index >= 15 is 0 Å². The minimum atomic E-state index is -0.363. The number of hydrogen-bond acceptors (Lipinski definition) is 6. The quantitative estimate of drug-likeness (QED) is 0.411. The number of nitrogens with one attached hydrogen (secondary N) is 1. The van der Waals surface area contributed by atoms with Crippen LogP contribution in [0.25, 0.3) is 10.9 Å². The van der Waals surface area contributed by atoms with E-state index in [-0.39, 0.29) is 17.6 Å². The maximum absolute atomic E-state index is 12.3. The molecule has 0 unspecified atom stereocenters. The van der Waals surface area contributed by atoms with Gasteiger partial charge in [0, 0.05) is 11.1 Å². The lowest BCUT2D eigenvalue weighted by Crippen LogP contribution is -2.14. The van der Waals surface area contributed by atoms with Gasteiger partial charge in [0.1, 0.15) is 11.3 Å². The van der Waals surface area contributed by atoms with Crippen molar-refractivity contribution in [1.29, 1.82) is 0 Å². The molecular weight excluding hydrogens is 400 g/mol. The number of carbonyl (C=O) groups excluding carboxylic acids is 2. The molecule has 1 aromatic heterocycles. The summed E-state index contributed by atoms with van der Waals surface area (Å²) in [6.07, 6.45) is 0.774. The largest absolute Gasteiger partial charge is 0.494 e. The van der Waals surface area contributed by atoms with Crippen molar-refractivity contribution < 1.29 is 19.1 Å². The zero-order valence-corrected chi connectivity index (χ0v) is 18.0. The van der Waals surface area contributed by atoms with Gasteiger partial charge in [0.2, 0.25) is 5.91 Å². The molecule has 2 aromatic carbocycles. The molecule has 3 aromatic rings. The van der Waals surface area contributed by atoms with Gasteiger partial charge in [0.25, 0.3) is 0 Å². The fourth-order valence-corrected chi connectivity index (χ4v) is 3.67. The highest BCUT2D eigenvalue weighted by Crippen LogP contribution is 2.29. The molecule has 0 bridgehead atoms. The monoisotopic (exact) mass is 424 g/mol. The van der Waals surface area contributed by atoms with E-state index in [0.29, 0.717) is 23.6 Å². The molecule has 0 aliphatic heterocycles. The number of esters is 1. The predicted molar refractivity (Wildman–Crippen MR) is 119 cm³/mol. The molecule has 156 valence electrons. The van der Waals surface area contributed by atoms with Crippen LogP contribution >= 0.6 is 11.8 Å². The highest BCUT2D eigenvalue weighted by molar-refractivity contribution is 7.99. The lowest BCUT2D eigenvalue weighted by Gasteiger charge is -2.10. The van der Waals surface area contributed by atoms with Gasteiger partial charge in [0.15, 0.2) is 0 Å². The van der Waals surface area contributed by atoms with Crippen LogP contribution in [0.15, 0.2) is 53.6 Å². The summed E-state index contributed by atoms with van der Waals surface area (Å²) in [5, 5.41) is 4.62. The average molecular weight is 425 g/mol. The smallest absolute Gasteiger partial charge is 0.338 e. The van der Waals surface area contributed by atoms with Crippen LogP contribution in [0.1, 0.15) is 29.3 Å². The Morgan fingerprint density at radius 1 is 1.13 bits per heavy atom. The minimum absolute atomic E-state index is 0.152. The number of thioether (sulfide) groups is 1. The van der Waals surface area contributed by atoms with E-state index in [1.165, 1.54) is 11.8 Å². The summed E-state index contributed by atoms with van der Waals surface area (Å²) in [6, 6.07) is 14.4. The third-order valence-electron chi connectivity index (χ3n) is 4.40. The molecule has 0 aliphatic carbocycles. The Labute approximate surface area is 180 Å². The third-order valence-corrected chi connectivity index (χ3v) is 5.31. The van der Waals surface area contributed by atoms with Crippen molar-refractivity contribution in [2.75, 3.05) is 24.8 Å². The first kappa shape index (κ1) is 21.6. The number of hydrogen-bond donors (Lipinski definition) is 1. The van der Waals surface area contributed by atoms with Gasteiger partial charge in [0.05, 0.1) is 30.1 Å². The summed E-state index contributed by atoms with van der Waals surface area (Å²) in [5.41, 5.74) is 2.94. The molecule has 0 aliphatic rings. The number of rotatable bonds is 8. The molecule has 0 saturated carbocycles. The number of nitrogens with zero attached hydrogens (tertiary/aromatic N) is 1. The van der Waals surface area contributed by atoms with Crippen LogP contribution in [0.5, 0.6) is 5.75 Å². The lowest BCUT2D eigenvalue weighted by molar-refractivity contribution is -0.113. The summed E-state index contributed by atoms with van der Waals surface area (Å²) in [7, 11) is 1.62. The van der Waals surface area contributed by atoms with Gasteiger partial charge in [-0.3, -0.25) is 4.79 Å². The van der Waals surface area contributed by atoms with Crippen molar-refractivity contribution >= 4 is 40.2 Å². The molecule has 0 spiro atoms. The Bertz CT molecular complexity index is 1050. The minimum Gasteiger partial charge on any atom is -0.494 e. The highest BCUT2D eigenvalue weighted by atomic mass is 32.2. The number of methoxy groups -OCH3 is 1. The van der Waals surface area contributed by atoms with Crippen LogP contribution in [-0.4, -0.2) is 36.3 Å². The Hall–Kier alpha value is -3.06. The van der Waals surface area contributed by atoms with E-state index in [0.717, 1.165) is 27.9 Å². The van der Waals surface area contributed by atoms with Gasteiger partial charge in [-0.25, -0.2) is 9.78 Å². The fourth-order valence-electron chi connectivity index (χ4n) is 2.90. The summed E-state index contributed by atoms with van der Waals surface area (Å²) < 4.78 is 10.5. The second kappa shape index (κ2) is 10.1. The molecule has 1 heterocycles. The Morgan fingerprint density at radius 3 is 2.60 bits per heavy atom. The van der Waals surface area contributed by atoms with E-state index in [1.807, 2.05) is 38.1 Å². The molecule has 0 atom stereocenters. The SMILES string of the molecule is CCCOC(=O)c1ccc(NC(=O)CSc2cc(C)c3cccc(OC)c3n2)cc1. The second-order valence-electron chi connectivity index (χ2n) is 6.68. The number of carbonyl (C=O) groups is 2. The number of aromatic nitrogens is 1. The molecule has 1 N–H and O–H groups in total. The van der Waals surface area contributed by atoms with E-state index in [9.17, 15) is 9.59 Å². The van der Waals surface area contributed by atoms with Crippen LogP contribution in [0.4, 0.5) is 5.69 Å². The molecular formula is C23H24N2O4S. The third kappa shape index (κ3) is 5.30. The number of benzene rings is 2. The second-order valence-corrected chi connectivity index (χ2v) is 7.68. The molecule has 0 saturated heterocycles. The summed E-state index contributed by atoms with van der Waals surface area (Å²) in [5.74, 6) is 0.410. The molecule has 7 heteroatoms. The number of amides is 1.